The highest BCUT2D eigenvalue weighted by atomic mass is 79.9. The van der Waals surface area contributed by atoms with Crippen LogP contribution in [-0.2, 0) is 0 Å². The van der Waals surface area contributed by atoms with E-state index in [2.05, 4.69) is 35.9 Å². The van der Waals surface area contributed by atoms with E-state index >= 15 is 0 Å². The van der Waals surface area contributed by atoms with Gasteiger partial charge in [-0.2, -0.15) is 0 Å². The molecule has 0 aliphatic heterocycles. The molecule has 0 spiro atoms. The van der Waals surface area contributed by atoms with Crippen LogP contribution >= 0.6 is 15.9 Å². The van der Waals surface area contributed by atoms with Gasteiger partial charge in [-0.3, -0.25) is 4.79 Å². The number of hydrogen-bond acceptors (Lipinski definition) is 4. The Hall–Kier alpha value is -2.48. The molecular formula is C12H7BrN4O3. The number of H-pyrrole nitrogens is 2. The summed E-state index contributed by atoms with van der Waals surface area (Å²) in [6.45, 7) is 0. The second kappa shape index (κ2) is 4.57. The van der Waals surface area contributed by atoms with Crippen LogP contribution in [0.2, 0.25) is 0 Å². The lowest BCUT2D eigenvalue weighted by molar-refractivity contribution is 0.0687. The second-order valence-electron chi connectivity index (χ2n) is 4.01. The van der Waals surface area contributed by atoms with E-state index in [1.54, 1.807) is 12.3 Å². The summed E-state index contributed by atoms with van der Waals surface area (Å²) in [6.07, 6.45) is 4.27. The molecule has 0 aromatic carbocycles. The molecule has 3 aromatic rings. The molecule has 3 N–H and O–H groups in total. The monoisotopic (exact) mass is 334 g/mol. The van der Waals surface area contributed by atoms with Crippen LogP contribution in [0.3, 0.4) is 0 Å². The molecule has 3 rings (SSSR count). The third kappa shape index (κ3) is 1.90. The van der Waals surface area contributed by atoms with Crippen LogP contribution in [0.25, 0.3) is 11.0 Å². The number of carbonyl (C=O) groups is 2. The average molecular weight is 335 g/mol. The van der Waals surface area contributed by atoms with E-state index in [1.807, 2.05) is 0 Å². The molecule has 0 saturated carbocycles. The summed E-state index contributed by atoms with van der Waals surface area (Å²) in [5.41, 5.74) is 0.512. The molecule has 0 radical (unpaired) electrons. The summed E-state index contributed by atoms with van der Waals surface area (Å²) >= 11 is 3.28. The Morgan fingerprint density at radius 3 is 2.80 bits per heavy atom. The van der Waals surface area contributed by atoms with Crippen LogP contribution in [-0.4, -0.2) is 36.8 Å². The van der Waals surface area contributed by atoms with Crippen molar-refractivity contribution in [3.8, 4) is 0 Å². The lowest BCUT2D eigenvalue weighted by atomic mass is 10.1. The minimum Gasteiger partial charge on any atom is -0.477 e. The van der Waals surface area contributed by atoms with Crippen molar-refractivity contribution in [2.24, 2.45) is 0 Å². The number of halogens is 1. The average Bonchev–Trinajstić information content (AvgIpc) is 3.04. The zero-order valence-corrected chi connectivity index (χ0v) is 11.4. The van der Waals surface area contributed by atoms with Gasteiger partial charge in [0, 0.05) is 22.3 Å². The highest BCUT2D eigenvalue weighted by Gasteiger charge is 2.23. The van der Waals surface area contributed by atoms with Crippen molar-refractivity contribution in [1.82, 2.24) is 19.9 Å². The molecule has 0 aliphatic rings. The molecule has 0 atom stereocenters. The third-order valence-corrected chi connectivity index (χ3v) is 3.24. The minimum absolute atomic E-state index is 0.127. The fourth-order valence-corrected chi connectivity index (χ4v) is 2.25. The van der Waals surface area contributed by atoms with Crippen molar-refractivity contribution in [3.63, 3.8) is 0 Å². The molecule has 0 fully saturated rings. The molecule has 0 aliphatic carbocycles. The van der Waals surface area contributed by atoms with Crippen molar-refractivity contribution in [2.45, 2.75) is 0 Å². The second-order valence-corrected chi connectivity index (χ2v) is 4.93. The summed E-state index contributed by atoms with van der Waals surface area (Å²) in [7, 11) is 0. The maximum absolute atomic E-state index is 12.4. The maximum atomic E-state index is 12.4. The number of aromatic amines is 2. The largest absolute Gasteiger partial charge is 0.477 e. The number of imidazole rings is 1. The molecule has 7 nitrogen and oxygen atoms in total. The Labute approximate surface area is 120 Å². The number of nitrogens with one attached hydrogen (secondary N) is 2. The number of carboxylic acid groups (broad SMARTS) is 1. The molecular weight excluding hydrogens is 328 g/mol. The van der Waals surface area contributed by atoms with Crippen LogP contribution in [0.1, 0.15) is 26.5 Å². The van der Waals surface area contributed by atoms with Crippen molar-refractivity contribution in [3.05, 3.63) is 46.2 Å². The van der Waals surface area contributed by atoms with Crippen LogP contribution in [0.15, 0.2) is 29.3 Å². The van der Waals surface area contributed by atoms with E-state index < -0.39 is 11.8 Å². The van der Waals surface area contributed by atoms with Crippen LogP contribution < -0.4 is 0 Å². The molecule has 100 valence electrons. The van der Waals surface area contributed by atoms with Gasteiger partial charge in [0.1, 0.15) is 11.3 Å². The summed E-state index contributed by atoms with van der Waals surface area (Å²) in [5, 5.41) is 9.61. The van der Waals surface area contributed by atoms with Gasteiger partial charge in [-0.05, 0) is 22.0 Å². The van der Waals surface area contributed by atoms with Crippen molar-refractivity contribution >= 4 is 38.7 Å². The Balaban J connectivity index is 2.15. The molecule has 0 amide bonds. The van der Waals surface area contributed by atoms with E-state index in [-0.39, 0.29) is 11.4 Å². The molecule has 3 aromatic heterocycles. The van der Waals surface area contributed by atoms with Gasteiger partial charge in [0.05, 0.1) is 11.9 Å². The Bertz CT molecular complexity index is 836. The number of aromatic carboxylic acids is 1. The standard InChI is InChI=1S/C12H7BrN4O3/c13-5-1-6-7(3-15-11(6)14-2-5)10(18)8-9(12(19)20)17-4-16-8/h1-4H,(H,14,15)(H,16,17)(H,19,20). The molecule has 8 heteroatoms. The quantitative estimate of drug-likeness (QED) is 0.634. The zero-order valence-electron chi connectivity index (χ0n) is 9.85. The van der Waals surface area contributed by atoms with Crippen molar-refractivity contribution in [1.29, 1.82) is 0 Å². The lowest BCUT2D eigenvalue weighted by Crippen LogP contribution is -2.09. The first kappa shape index (κ1) is 12.5. The van der Waals surface area contributed by atoms with Crippen LogP contribution in [0.5, 0.6) is 0 Å². The topological polar surface area (TPSA) is 112 Å². The van der Waals surface area contributed by atoms with Gasteiger partial charge in [-0.1, -0.05) is 0 Å². The van der Waals surface area contributed by atoms with Gasteiger partial charge < -0.3 is 15.1 Å². The SMILES string of the molecule is O=C(O)c1[nH]cnc1C(=O)c1c[nH]c2ncc(Br)cc12. The van der Waals surface area contributed by atoms with E-state index in [0.29, 0.717) is 16.6 Å². The normalized spacial score (nSPS) is 10.8. The smallest absolute Gasteiger partial charge is 0.354 e. The van der Waals surface area contributed by atoms with E-state index in [1.165, 1.54) is 12.5 Å². The maximum Gasteiger partial charge on any atom is 0.354 e. The number of pyridine rings is 1. The summed E-state index contributed by atoms with van der Waals surface area (Å²) in [4.78, 5) is 36.7. The predicted molar refractivity (Wildman–Crippen MR) is 72.8 cm³/mol. The minimum atomic E-state index is -1.23. The molecule has 0 bridgehead atoms. The molecule has 0 unspecified atom stereocenters. The first-order chi connectivity index (χ1) is 9.58. The van der Waals surface area contributed by atoms with Crippen molar-refractivity contribution < 1.29 is 14.7 Å². The molecule has 20 heavy (non-hydrogen) atoms. The van der Waals surface area contributed by atoms with Gasteiger partial charge in [0.15, 0.2) is 5.69 Å². The van der Waals surface area contributed by atoms with Gasteiger partial charge >= 0.3 is 5.97 Å². The molecule has 3 heterocycles. The van der Waals surface area contributed by atoms with E-state index in [0.717, 1.165) is 4.47 Å². The lowest BCUT2D eigenvalue weighted by Gasteiger charge is -1.98. The number of aromatic nitrogens is 4. The van der Waals surface area contributed by atoms with Gasteiger partial charge in [-0.15, -0.1) is 0 Å². The Morgan fingerprint density at radius 1 is 1.25 bits per heavy atom. The van der Waals surface area contributed by atoms with Crippen LogP contribution in [0, 0.1) is 0 Å². The highest BCUT2D eigenvalue weighted by Crippen LogP contribution is 2.23. The van der Waals surface area contributed by atoms with Gasteiger partial charge in [0.25, 0.3) is 0 Å². The number of nitrogens with zero attached hydrogens (tertiary/aromatic N) is 2. The summed E-state index contributed by atoms with van der Waals surface area (Å²) < 4.78 is 0.721. The molecule has 0 saturated heterocycles. The number of hydrogen-bond donors (Lipinski definition) is 3. The predicted octanol–water partition coefficient (Wildman–Crippen LogP) is 1.98. The first-order valence-electron chi connectivity index (χ1n) is 5.52. The zero-order chi connectivity index (χ0) is 14.3. The summed E-state index contributed by atoms with van der Waals surface area (Å²) in [6, 6.07) is 1.74. The van der Waals surface area contributed by atoms with E-state index in [9.17, 15) is 9.59 Å². The number of carboxylic acids is 1. The van der Waals surface area contributed by atoms with Crippen molar-refractivity contribution in [2.75, 3.05) is 0 Å². The van der Waals surface area contributed by atoms with Crippen LogP contribution in [0.4, 0.5) is 0 Å². The van der Waals surface area contributed by atoms with E-state index in [4.69, 9.17) is 5.11 Å². The number of fused-ring (bicyclic) bond motifs is 1. The fourth-order valence-electron chi connectivity index (χ4n) is 1.92. The Morgan fingerprint density at radius 2 is 2.05 bits per heavy atom. The fraction of sp³-hybridized carbons (Fsp3) is 0. The summed E-state index contributed by atoms with van der Waals surface area (Å²) in [5.74, 6) is -1.71. The number of rotatable bonds is 3. The number of ketones is 1. The third-order valence-electron chi connectivity index (χ3n) is 2.81. The van der Waals surface area contributed by atoms with Gasteiger partial charge in [0.2, 0.25) is 5.78 Å². The Kier molecular flexibility index (Phi) is 2.87. The highest BCUT2D eigenvalue weighted by molar-refractivity contribution is 9.10. The van der Waals surface area contributed by atoms with Gasteiger partial charge in [-0.25, -0.2) is 14.8 Å². The first-order valence-corrected chi connectivity index (χ1v) is 6.31. The number of carbonyl (C=O) groups excluding carboxylic acids is 1.